The van der Waals surface area contributed by atoms with Crippen LogP contribution in [0.4, 0.5) is 0 Å². The van der Waals surface area contributed by atoms with Gasteiger partial charge in [0.05, 0.1) is 0 Å². The molecule has 3 nitrogen and oxygen atoms in total. The van der Waals surface area contributed by atoms with Gasteiger partial charge < -0.3 is 15.2 Å². The van der Waals surface area contributed by atoms with Crippen LogP contribution < -0.4 is 10.1 Å². The molecule has 0 heterocycles. The molecule has 17 heavy (non-hydrogen) atoms. The fourth-order valence-corrected chi connectivity index (χ4v) is 1.74. The van der Waals surface area contributed by atoms with Crippen molar-refractivity contribution in [1.29, 1.82) is 0 Å². The Morgan fingerprint density at radius 1 is 1.24 bits per heavy atom. The molecule has 1 unspecified atom stereocenters. The number of hydrogen-bond acceptors (Lipinski definition) is 3. The molecule has 1 atom stereocenters. The third-order valence-corrected chi connectivity index (χ3v) is 2.77. The zero-order chi connectivity index (χ0) is 12.5. The van der Waals surface area contributed by atoms with Crippen molar-refractivity contribution in [2.75, 3.05) is 19.8 Å². The second kappa shape index (κ2) is 8.09. The normalized spacial score (nSPS) is 12.7. The van der Waals surface area contributed by atoms with Crippen LogP contribution in [-0.4, -0.2) is 30.9 Å². The second-order valence-corrected chi connectivity index (χ2v) is 4.48. The Bertz CT molecular complexity index is 288. The quantitative estimate of drug-likeness (QED) is 0.680. The zero-order valence-corrected chi connectivity index (χ0v) is 10.7. The summed E-state index contributed by atoms with van der Waals surface area (Å²) in [5, 5.41) is 12.4. The fraction of sp³-hybridized carbons (Fsp3) is 0.571. The average Bonchev–Trinajstić information content (AvgIpc) is 2.34. The lowest BCUT2D eigenvalue weighted by Gasteiger charge is -2.21. The van der Waals surface area contributed by atoms with Gasteiger partial charge in [-0.2, -0.15) is 0 Å². The van der Waals surface area contributed by atoms with Crippen LogP contribution in [0.15, 0.2) is 30.3 Å². The van der Waals surface area contributed by atoms with E-state index in [0.29, 0.717) is 18.6 Å². The van der Waals surface area contributed by atoms with Crippen LogP contribution in [-0.2, 0) is 0 Å². The summed E-state index contributed by atoms with van der Waals surface area (Å²) in [4.78, 5) is 0. The van der Waals surface area contributed by atoms with Crippen molar-refractivity contribution < 1.29 is 9.84 Å². The molecule has 0 saturated heterocycles. The molecule has 0 aliphatic heterocycles. The molecule has 1 rings (SSSR count). The Morgan fingerprint density at radius 3 is 2.53 bits per heavy atom. The Kier molecular flexibility index (Phi) is 6.67. The molecule has 0 spiro atoms. The first-order chi connectivity index (χ1) is 8.24. The summed E-state index contributed by atoms with van der Waals surface area (Å²) < 4.78 is 5.59. The molecular formula is C14H23NO2. The van der Waals surface area contributed by atoms with Crippen molar-refractivity contribution in [1.82, 2.24) is 5.32 Å². The van der Waals surface area contributed by atoms with Crippen LogP contribution in [0.25, 0.3) is 0 Å². The molecule has 3 heteroatoms. The molecule has 0 saturated carbocycles. The summed E-state index contributed by atoms with van der Waals surface area (Å²) in [6, 6.07) is 10.2. The lowest BCUT2D eigenvalue weighted by Crippen LogP contribution is -2.37. The molecule has 0 aliphatic rings. The van der Waals surface area contributed by atoms with E-state index >= 15 is 0 Å². The number of aliphatic hydroxyl groups excluding tert-OH is 1. The van der Waals surface area contributed by atoms with E-state index in [-0.39, 0.29) is 6.61 Å². The summed E-state index contributed by atoms with van der Waals surface area (Å²) in [5.74, 6) is 1.43. The Balaban J connectivity index is 2.18. The molecule has 96 valence electrons. The highest BCUT2D eigenvalue weighted by Gasteiger charge is 2.11. The minimum atomic E-state index is 0.232. The summed E-state index contributed by atoms with van der Waals surface area (Å²) in [5.41, 5.74) is 0. The van der Waals surface area contributed by atoms with Gasteiger partial charge in [-0.3, -0.25) is 0 Å². The van der Waals surface area contributed by atoms with Crippen LogP contribution in [0.1, 0.15) is 20.3 Å². The minimum Gasteiger partial charge on any atom is -0.492 e. The lowest BCUT2D eigenvalue weighted by molar-refractivity contribution is 0.234. The summed E-state index contributed by atoms with van der Waals surface area (Å²) in [6.07, 6.45) is 0.795. The molecular weight excluding hydrogens is 214 g/mol. The van der Waals surface area contributed by atoms with Crippen molar-refractivity contribution in [2.24, 2.45) is 5.92 Å². The molecule has 0 radical (unpaired) electrons. The van der Waals surface area contributed by atoms with Gasteiger partial charge in [-0.15, -0.1) is 0 Å². The monoisotopic (exact) mass is 237 g/mol. The molecule has 0 aliphatic carbocycles. The van der Waals surface area contributed by atoms with Crippen molar-refractivity contribution in [3.63, 3.8) is 0 Å². The first-order valence-electron chi connectivity index (χ1n) is 6.26. The first-order valence-corrected chi connectivity index (χ1v) is 6.26. The Labute approximate surface area is 104 Å². The van der Waals surface area contributed by atoms with E-state index < -0.39 is 0 Å². The average molecular weight is 237 g/mol. The zero-order valence-electron chi connectivity index (χ0n) is 10.7. The maximum Gasteiger partial charge on any atom is 0.119 e. The number of para-hydroxylation sites is 1. The van der Waals surface area contributed by atoms with Gasteiger partial charge in [-0.25, -0.2) is 0 Å². The predicted molar refractivity (Wildman–Crippen MR) is 70.3 cm³/mol. The van der Waals surface area contributed by atoms with E-state index in [1.165, 1.54) is 0 Å². The molecule has 1 aromatic carbocycles. The highest BCUT2D eigenvalue weighted by atomic mass is 16.5. The van der Waals surface area contributed by atoms with Crippen molar-refractivity contribution in [3.8, 4) is 5.75 Å². The van der Waals surface area contributed by atoms with Crippen molar-refractivity contribution in [3.05, 3.63) is 30.3 Å². The van der Waals surface area contributed by atoms with E-state index in [0.717, 1.165) is 18.7 Å². The van der Waals surface area contributed by atoms with Gasteiger partial charge >= 0.3 is 0 Å². The van der Waals surface area contributed by atoms with Gasteiger partial charge in [0.1, 0.15) is 12.4 Å². The van der Waals surface area contributed by atoms with E-state index in [2.05, 4.69) is 19.2 Å². The number of hydrogen-bond donors (Lipinski definition) is 2. The van der Waals surface area contributed by atoms with Gasteiger partial charge in [-0.1, -0.05) is 32.0 Å². The fourth-order valence-electron chi connectivity index (χ4n) is 1.74. The summed E-state index contributed by atoms with van der Waals surface area (Å²) in [7, 11) is 0. The molecule has 0 bridgehead atoms. The van der Waals surface area contributed by atoms with E-state index in [1.807, 2.05) is 30.3 Å². The molecule has 0 amide bonds. The topological polar surface area (TPSA) is 41.5 Å². The highest BCUT2D eigenvalue weighted by molar-refractivity contribution is 5.20. The van der Waals surface area contributed by atoms with Crippen molar-refractivity contribution in [2.45, 2.75) is 26.3 Å². The molecule has 1 aromatic rings. The van der Waals surface area contributed by atoms with Crippen LogP contribution in [0.5, 0.6) is 5.75 Å². The van der Waals surface area contributed by atoms with E-state index in [1.54, 1.807) is 0 Å². The molecule has 0 aromatic heterocycles. The van der Waals surface area contributed by atoms with Gasteiger partial charge in [0.2, 0.25) is 0 Å². The lowest BCUT2D eigenvalue weighted by atomic mass is 10.0. The summed E-state index contributed by atoms with van der Waals surface area (Å²) >= 11 is 0. The number of aliphatic hydroxyl groups is 1. The smallest absolute Gasteiger partial charge is 0.119 e. The SMILES string of the molecule is CC(C)C(CCO)NCCOc1ccccc1. The van der Waals surface area contributed by atoms with Gasteiger partial charge in [-0.05, 0) is 24.5 Å². The van der Waals surface area contributed by atoms with Gasteiger partial charge in [0.15, 0.2) is 0 Å². The van der Waals surface area contributed by atoms with Gasteiger partial charge in [0, 0.05) is 19.2 Å². The van der Waals surface area contributed by atoms with Gasteiger partial charge in [0.25, 0.3) is 0 Å². The molecule has 0 fully saturated rings. The third-order valence-electron chi connectivity index (χ3n) is 2.77. The van der Waals surface area contributed by atoms with Crippen LogP contribution in [0.3, 0.4) is 0 Å². The van der Waals surface area contributed by atoms with Crippen LogP contribution in [0.2, 0.25) is 0 Å². The van der Waals surface area contributed by atoms with E-state index in [9.17, 15) is 0 Å². The number of rotatable bonds is 8. The van der Waals surface area contributed by atoms with Crippen molar-refractivity contribution >= 4 is 0 Å². The highest BCUT2D eigenvalue weighted by Crippen LogP contribution is 2.08. The van der Waals surface area contributed by atoms with E-state index in [4.69, 9.17) is 9.84 Å². The standard InChI is InChI=1S/C14H23NO2/c1-12(2)14(8-10-16)15-9-11-17-13-6-4-3-5-7-13/h3-7,12,14-16H,8-11H2,1-2H3. The number of nitrogens with one attached hydrogen (secondary N) is 1. The molecule has 2 N–H and O–H groups in total. The largest absolute Gasteiger partial charge is 0.492 e. The third kappa shape index (κ3) is 5.71. The number of benzene rings is 1. The Morgan fingerprint density at radius 2 is 1.94 bits per heavy atom. The number of ether oxygens (including phenoxy) is 1. The second-order valence-electron chi connectivity index (χ2n) is 4.48. The van der Waals surface area contributed by atoms with Crippen LogP contribution >= 0.6 is 0 Å². The Hall–Kier alpha value is -1.06. The first kappa shape index (κ1) is 14.0. The maximum atomic E-state index is 8.95. The predicted octanol–water partition coefficient (Wildman–Crippen LogP) is 2.06. The maximum absolute atomic E-state index is 8.95. The van der Waals surface area contributed by atoms with Crippen LogP contribution in [0, 0.1) is 5.92 Å². The summed E-state index contributed by atoms with van der Waals surface area (Å²) in [6.45, 7) is 6.00. The minimum absolute atomic E-state index is 0.232.